The summed E-state index contributed by atoms with van der Waals surface area (Å²) in [5.41, 5.74) is 10.4. The van der Waals surface area contributed by atoms with Gasteiger partial charge in [0, 0.05) is 19.2 Å². The molecule has 0 bridgehead atoms. The van der Waals surface area contributed by atoms with Crippen LogP contribution in [0.5, 0.6) is 0 Å². The Morgan fingerprint density at radius 1 is 1.47 bits per heavy atom. The first-order valence-electron chi connectivity index (χ1n) is 4.15. The summed E-state index contributed by atoms with van der Waals surface area (Å²) in [5, 5.41) is 5.30. The summed E-state index contributed by atoms with van der Waals surface area (Å²) >= 11 is 3.18. The highest BCUT2D eigenvalue weighted by atomic mass is 79.9. The lowest BCUT2D eigenvalue weighted by atomic mass is 10.6. The van der Waals surface area contributed by atoms with Crippen molar-refractivity contribution in [2.45, 2.75) is 0 Å². The average molecular weight is 275 g/mol. The van der Waals surface area contributed by atoms with E-state index in [2.05, 4.69) is 36.5 Å². The van der Waals surface area contributed by atoms with Crippen LogP contribution in [0.25, 0.3) is 0 Å². The van der Waals surface area contributed by atoms with Crippen molar-refractivity contribution in [3.63, 3.8) is 0 Å². The summed E-state index contributed by atoms with van der Waals surface area (Å²) in [5.74, 6) is 0.760. The van der Waals surface area contributed by atoms with Crippen LogP contribution >= 0.6 is 15.9 Å². The molecule has 0 aromatic carbocycles. The van der Waals surface area contributed by atoms with Gasteiger partial charge in [-0.15, -0.1) is 0 Å². The molecule has 0 radical (unpaired) electrons. The third-order valence-corrected chi connectivity index (χ3v) is 1.83. The second kappa shape index (κ2) is 5.35. The molecule has 0 unspecified atom stereocenters. The highest BCUT2D eigenvalue weighted by molar-refractivity contribution is 9.10. The fourth-order valence-corrected chi connectivity index (χ4v) is 1.28. The number of aromatic nitrogens is 2. The van der Waals surface area contributed by atoms with Crippen LogP contribution < -0.4 is 22.1 Å². The Balaban J connectivity index is 2.40. The third kappa shape index (κ3) is 4.45. The number of carbonyl (C=O) groups is 1. The van der Waals surface area contributed by atoms with Gasteiger partial charge < -0.3 is 22.1 Å². The summed E-state index contributed by atoms with van der Waals surface area (Å²) in [7, 11) is 0. The Morgan fingerprint density at radius 2 is 2.20 bits per heavy atom. The molecule has 6 N–H and O–H groups in total. The monoisotopic (exact) mass is 274 g/mol. The molecule has 1 heterocycles. The molecule has 0 atom stereocenters. The van der Waals surface area contributed by atoms with Gasteiger partial charge in [-0.25, -0.2) is 9.78 Å². The number of anilines is 2. The minimum absolute atomic E-state index is 0.363. The number of primary amides is 1. The van der Waals surface area contributed by atoms with E-state index in [4.69, 9.17) is 11.5 Å². The van der Waals surface area contributed by atoms with Gasteiger partial charge in [0.25, 0.3) is 0 Å². The fourth-order valence-electron chi connectivity index (χ4n) is 0.874. The van der Waals surface area contributed by atoms with Crippen molar-refractivity contribution in [2.75, 3.05) is 24.1 Å². The van der Waals surface area contributed by atoms with E-state index in [1.165, 1.54) is 0 Å². The number of nitrogen functional groups attached to an aromatic ring is 1. The first-order chi connectivity index (χ1) is 7.08. The van der Waals surface area contributed by atoms with Crippen molar-refractivity contribution < 1.29 is 4.79 Å². The lowest BCUT2D eigenvalue weighted by Gasteiger charge is -2.05. The number of nitrogens with zero attached hydrogens (tertiary/aromatic N) is 2. The number of hydrogen-bond acceptors (Lipinski definition) is 5. The van der Waals surface area contributed by atoms with Gasteiger partial charge in [-0.05, 0) is 15.9 Å². The van der Waals surface area contributed by atoms with Crippen molar-refractivity contribution in [3.05, 3.63) is 10.7 Å². The van der Waals surface area contributed by atoms with E-state index in [1.54, 1.807) is 6.07 Å². The van der Waals surface area contributed by atoms with Gasteiger partial charge in [-0.1, -0.05) is 0 Å². The van der Waals surface area contributed by atoms with Crippen LogP contribution in [0.2, 0.25) is 0 Å². The summed E-state index contributed by atoms with van der Waals surface area (Å²) in [4.78, 5) is 18.3. The number of halogens is 1. The smallest absolute Gasteiger partial charge is 0.312 e. The zero-order valence-electron chi connectivity index (χ0n) is 7.83. The van der Waals surface area contributed by atoms with E-state index >= 15 is 0 Å². The molecule has 0 aliphatic rings. The number of rotatable bonds is 4. The molecule has 1 aromatic heterocycles. The van der Waals surface area contributed by atoms with Crippen molar-refractivity contribution in [1.82, 2.24) is 15.3 Å². The molecule has 82 valence electrons. The van der Waals surface area contributed by atoms with Crippen LogP contribution in [0, 0.1) is 0 Å². The molecule has 0 aliphatic heterocycles. The van der Waals surface area contributed by atoms with E-state index in [1.807, 2.05) is 0 Å². The van der Waals surface area contributed by atoms with Crippen LogP contribution in [0.3, 0.4) is 0 Å². The van der Waals surface area contributed by atoms with Crippen molar-refractivity contribution in [2.24, 2.45) is 5.73 Å². The normalized spacial score (nSPS) is 9.67. The summed E-state index contributed by atoms with van der Waals surface area (Å²) in [6.45, 7) is 0.865. The van der Waals surface area contributed by atoms with Crippen molar-refractivity contribution >= 4 is 33.7 Å². The summed E-state index contributed by atoms with van der Waals surface area (Å²) in [6.07, 6.45) is 0. The maximum Gasteiger partial charge on any atom is 0.312 e. The van der Waals surface area contributed by atoms with E-state index in [-0.39, 0.29) is 0 Å². The predicted octanol–water partition coefficient (Wildman–Crippen LogP) is -0.0985. The van der Waals surface area contributed by atoms with Gasteiger partial charge in [-0.3, -0.25) is 0 Å². The van der Waals surface area contributed by atoms with Crippen LogP contribution in [0.1, 0.15) is 0 Å². The number of hydrogen-bond donors (Lipinski definition) is 4. The molecule has 15 heavy (non-hydrogen) atoms. The van der Waals surface area contributed by atoms with E-state index in [9.17, 15) is 4.79 Å². The lowest BCUT2D eigenvalue weighted by Crippen LogP contribution is -2.33. The maximum absolute atomic E-state index is 10.3. The number of amides is 2. The third-order valence-electron chi connectivity index (χ3n) is 1.42. The van der Waals surface area contributed by atoms with Crippen LogP contribution in [-0.4, -0.2) is 29.1 Å². The van der Waals surface area contributed by atoms with Crippen LogP contribution in [0.15, 0.2) is 10.7 Å². The molecule has 0 spiro atoms. The summed E-state index contributed by atoms with van der Waals surface area (Å²) in [6, 6.07) is 1.03. The van der Waals surface area contributed by atoms with Gasteiger partial charge >= 0.3 is 6.03 Å². The topological polar surface area (TPSA) is 119 Å². The zero-order valence-corrected chi connectivity index (χ0v) is 9.41. The molecule has 0 aliphatic carbocycles. The molecular weight excluding hydrogens is 264 g/mol. The highest BCUT2D eigenvalue weighted by Gasteiger charge is 1.99. The largest absolute Gasteiger partial charge is 0.383 e. The molecule has 8 heteroatoms. The quantitative estimate of drug-likeness (QED) is 0.452. The molecule has 1 rings (SSSR count). The average Bonchev–Trinajstić information content (AvgIpc) is 2.10. The second-order valence-corrected chi connectivity index (χ2v) is 3.47. The Bertz CT molecular complexity index is 337. The van der Waals surface area contributed by atoms with Gasteiger partial charge in [-0.2, -0.15) is 4.98 Å². The van der Waals surface area contributed by atoms with Crippen molar-refractivity contribution in [1.29, 1.82) is 0 Å². The minimum atomic E-state index is -0.563. The summed E-state index contributed by atoms with van der Waals surface area (Å²) < 4.78 is 0.598. The molecule has 0 fully saturated rings. The first-order valence-corrected chi connectivity index (χ1v) is 4.94. The fraction of sp³-hybridized carbons (Fsp3) is 0.286. The van der Waals surface area contributed by atoms with Gasteiger partial charge in [0.15, 0.2) is 0 Å². The Kier molecular flexibility index (Phi) is 4.10. The zero-order chi connectivity index (χ0) is 11.3. The number of carbonyl (C=O) groups excluding carboxylic acids is 1. The minimum Gasteiger partial charge on any atom is -0.383 e. The van der Waals surface area contributed by atoms with E-state index in [0.717, 1.165) is 0 Å². The molecule has 1 aromatic rings. The van der Waals surface area contributed by atoms with E-state index in [0.29, 0.717) is 29.5 Å². The number of nitrogens with two attached hydrogens (primary N) is 2. The molecule has 2 amide bonds. The highest BCUT2D eigenvalue weighted by Crippen LogP contribution is 2.11. The van der Waals surface area contributed by atoms with Gasteiger partial charge in [0.1, 0.15) is 10.4 Å². The van der Waals surface area contributed by atoms with Crippen LogP contribution in [0.4, 0.5) is 16.6 Å². The van der Waals surface area contributed by atoms with Gasteiger partial charge in [0.05, 0.1) is 0 Å². The second-order valence-electron chi connectivity index (χ2n) is 2.66. The maximum atomic E-state index is 10.3. The Labute approximate surface area is 94.8 Å². The molecular formula is C7H11BrN6O. The molecule has 0 saturated heterocycles. The van der Waals surface area contributed by atoms with Crippen molar-refractivity contribution in [3.8, 4) is 0 Å². The SMILES string of the molecule is NC(=O)NCCNc1nc(N)cc(Br)n1. The lowest BCUT2D eigenvalue weighted by molar-refractivity contribution is 0.249. The Morgan fingerprint density at radius 3 is 2.80 bits per heavy atom. The first kappa shape index (κ1) is 11.5. The molecule has 0 saturated carbocycles. The van der Waals surface area contributed by atoms with Gasteiger partial charge in [0.2, 0.25) is 5.95 Å². The standard InChI is InChI=1S/C7H11BrN6O/c8-4-3-5(9)14-7(13-4)12-2-1-11-6(10)15/h3H,1-2H2,(H3,10,11,15)(H3,9,12,13,14). The molecule has 7 nitrogen and oxygen atoms in total. The predicted molar refractivity (Wildman–Crippen MR) is 60.2 cm³/mol. The number of urea groups is 1. The van der Waals surface area contributed by atoms with Crippen LogP contribution in [-0.2, 0) is 0 Å². The van der Waals surface area contributed by atoms with E-state index < -0.39 is 6.03 Å². The Hall–Kier alpha value is -1.57. The number of nitrogens with one attached hydrogen (secondary N) is 2.